The second kappa shape index (κ2) is 9.80. The lowest BCUT2D eigenvalue weighted by atomic mass is 9.92. The molecule has 3 heterocycles. The fourth-order valence-corrected chi connectivity index (χ4v) is 3.75. The Hall–Kier alpha value is -1.99. The first-order chi connectivity index (χ1) is 13.2. The van der Waals surface area contributed by atoms with Gasteiger partial charge in [-0.3, -0.25) is 14.6 Å². The van der Waals surface area contributed by atoms with Gasteiger partial charge in [0, 0.05) is 43.9 Å². The van der Waals surface area contributed by atoms with Gasteiger partial charge in [0.25, 0.3) is 0 Å². The van der Waals surface area contributed by atoms with E-state index in [4.69, 9.17) is 9.47 Å². The highest BCUT2D eigenvalue weighted by Crippen LogP contribution is 2.22. The fraction of sp³-hybridized carbons (Fsp3) is 0.650. The van der Waals surface area contributed by atoms with Gasteiger partial charge in [0.2, 0.25) is 11.8 Å². The number of carbonyl (C=O) groups excluding carboxylic acids is 2. The molecule has 27 heavy (non-hydrogen) atoms. The molecule has 1 aromatic heterocycles. The molecule has 0 unspecified atom stereocenters. The highest BCUT2D eigenvalue weighted by molar-refractivity contribution is 5.80. The van der Waals surface area contributed by atoms with Gasteiger partial charge in [0.15, 0.2) is 0 Å². The fourth-order valence-electron chi connectivity index (χ4n) is 3.75. The lowest BCUT2D eigenvalue weighted by Crippen LogP contribution is -2.48. The molecule has 2 amide bonds. The minimum absolute atomic E-state index is 0.0114. The van der Waals surface area contributed by atoms with Crippen LogP contribution in [0, 0.1) is 11.8 Å². The molecule has 0 aromatic carbocycles. The molecule has 0 aliphatic carbocycles. The van der Waals surface area contributed by atoms with Gasteiger partial charge >= 0.3 is 0 Å². The van der Waals surface area contributed by atoms with Crippen LogP contribution in [0.5, 0.6) is 0 Å². The number of nitrogens with one attached hydrogen (secondary N) is 1. The summed E-state index contributed by atoms with van der Waals surface area (Å²) < 4.78 is 10.8. The van der Waals surface area contributed by atoms with E-state index in [-0.39, 0.29) is 36.3 Å². The molecule has 2 atom stereocenters. The number of pyridine rings is 1. The summed E-state index contributed by atoms with van der Waals surface area (Å²) in [5, 5.41) is 3.19. The summed E-state index contributed by atoms with van der Waals surface area (Å²) in [7, 11) is 0. The maximum absolute atomic E-state index is 12.7. The first-order valence-corrected chi connectivity index (χ1v) is 9.80. The molecule has 2 aliphatic rings. The van der Waals surface area contributed by atoms with Crippen molar-refractivity contribution in [3.63, 3.8) is 0 Å². The van der Waals surface area contributed by atoms with E-state index in [0.29, 0.717) is 45.8 Å². The Kier molecular flexibility index (Phi) is 7.18. The zero-order valence-corrected chi connectivity index (χ0v) is 15.9. The molecule has 1 aromatic rings. The summed E-state index contributed by atoms with van der Waals surface area (Å²) in [5.41, 5.74) is 1.21. The Morgan fingerprint density at radius 3 is 2.70 bits per heavy atom. The molecule has 0 bridgehead atoms. The van der Waals surface area contributed by atoms with E-state index in [1.54, 1.807) is 17.3 Å². The predicted octanol–water partition coefficient (Wildman–Crippen LogP) is 1.03. The molecule has 0 spiro atoms. The number of aromatic nitrogens is 1. The lowest BCUT2D eigenvalue weighted by Gasteiger charge is -2.32. The van der Waals surface area contributed by atoms with E-state index in [1.807, 2.05) is 19.1 Å². The Morgan fingerprint density at radius 2 is 2.00 bits per heavy atom. The summed E-state index contributed by atoms with van der Waals surface area (Å²) >= 11 is 0. The maximum atomic E-state index is 12.7. The van der Waals surface area contributed by atoms with Crippen molar-refractivity contribution in [3.05, 3.63) is 30.1 Å². The monoisotopic (exact) mass is 375 g/mol. The van der Waals surface area contributed by atoms with Gasteiger partial charge in [-0.15, -0.1) is 0 Å². The van der Waals surface area contributed by atoms with Gasteiger partial charge in [-0.1, -0.05) is 0 Å². The largest absolute Gasteiger partial charge is 0.379 e. The standard InChI is InChI=1S/C20H29N3O4/c1-2-26-14-19(24)23-9-5-16(6-10-23)20(25)22-18-13-27-12-17(18)11-15-3-7-21-8-4-15/h3-4,7-8,16-18H,2,5-6,9-14H2,1H3,(H,22,25)/t17-,18-/m1/s1. The van der Waals surface area contributed by atoms with Crippen LogP contribution in [0.25, 0.3) is 0 Å². The average molecular weight is 375 g/mol. The van der Waals surface area contributed by atoms with Crippen molar-refractivity contribution in [3.8, 4) is 0 Å². The third-order valence-corrected chi connectivity index (χ3v) is 5.42. The van der Waals surface area contributed by atoms with Crippen LogP contribution in [-0.2, 0) is 25.5 Å². The Morgan fingerprint density at radius 1 is 1.26 bits per heavy atom. The van der Waals surface area contributed by atoms with Crippen LogP contribution in [0.4, 0.5) is 0 Å². The normalized spacial score (nSPS) is 23.4. The topological polar surface area (TPSA) is 80.8 Å². The molecule has 2 fully saturated rings. The van der Waals surface area contributed by atoms with Crippen LogP contribution in [-0.4, -0.2) is 67.3 Å². The number of hydrogen-bond donors (Lipinski definition) is 1. The van der Waals surface area contributed by atoms with Gasteiger partial charge in [-0.2, -0.15) is 0 Å². The third-order valence-electron chi connectivity index (χ3n) is 5.42. The molecular formula is C20H29N3O4. The van der Waals surface area contributed by atoms with Crippen LogP contribution in [0.1, 0.15) is 25.3 Å². The van der Waals surface area contributed by atoms with Crippen molar-refractivity contribution in [2.75, 3.05) is 39.5 Å². The quantitative estimate of drug-likeness (QED) is 0.770. The molecule has 1 N–H and O–H groups in total. The molecule has 7 nitrogen and oxygen atoms in total. The third kappa shape index (κ3) is 5.49. The summed E-state index contributed by atoms with van der Waals surface area (Å²) in [4.78, 5) is 30.5. The van der Waals surface area contributed by atoms with Crippen LogP contribution in [0.15, 0.2) is 24.5 Å². The molecule has 7 heteroatoms. The second-order valence-corrected chi connectivity index (χ2v) is 7.26. The molecule has 0 radical (unpaired) electrons. The molecule has 2 saturated heterocycles. The number of rotatable bonds is 7. The van der Waals surface area contributed by atoms with Gasteiger partial charge in [0.1, 0.15) is 6.61 Å². The van der Waals surface area contributed by atoms with Gasteiger partial charge < -0.3 is 19.7 Å². The Balaban J connectivity index is 1.45. The van der Waals surface area contributed by atoms with Gasteiger partial charge in [-0.25, -0.2) is 0 Å². The SMILES string of the molecule is CCOCC(=O)N1CCC(C(=O)N[C@@H]2COC[C@H]2Cc2ccncc2)CC1. The van der Waals surface area contributed by atoms with Crippen LogP contribution < -0.4 is 5.32 Å². The van der Waals surface area contributed by atoms with Gasteiger partial charge in [-0.05, 0) is 43.9 Å². The number of nitrogens with zero attached hydrogens (tertiary/aromatic N) is 2. The summed E-state index contributed by atoms with van der Waals surface area (Å²) in [5.74, 6) is 0.340. The van der Waals surface area contributed by atoms with Crippen molar-refractivity contribution in [2.45, 2.75) is 32.2 Å². The summed E-state index contributed by atoms with van der Waals surface area (Å²) in [6, 6.07) is 4.06. The predicted molar refractivity (Wildman–Crippen MR) is 100.0 cm³/mol. The number of hydrogen-bond acceptors (Lipinski definition) is 5. The van der Waals surface area contributed by atoms with Crippen molar-refractivity contribution < 1.29 is 19.1 Å². The Bertz CT molecular complexity index is 617. The van der Waals surface area contributed by atoms with E-state index < -0.39 is 0 Å². The Labute approximate surface area is 160 Å². The molecule has 2 aliphatic heterocycles. The highest BCUT2D eigenvalue weighted by atomic mass is 16.5. The smallest absolute Gasteiger partial charge is 0.248 e. The van der Waals surface area contributed by atoms with E-state index in [0.717, 1.165) is 6.42 Å². The van der Waals surface area contributed by atoms with Crippen LogP contribution >= 0.6 is 0 Å². The number of ether oxygens (including phenoxy) is 2. The second-order valence-electron chi connectivity index (χ2n) is 7.26. The van der Waals surface area contributed by atoms with E-state index in [2.05, 4.69) is 10.3 Å². The van der Waals surface area contributed by atoms with E-state index >= 15 is 0 Å². The zero-order valence-electron chi connectivity index (χ0n) is 15.9. The van der Waals surface area contributed by atoms with Crippen molar-refractivity contribution in [1.82, 2.24) is 15.2 Å². The minimum Gasteiger partial charge on any atom is -0.379 e. The number of piperidine rings is 1. The maximum Gasteiger partial charge on any atom is 0.248 e. The summed E-state index contributed by atoms with van der Waals surface area (Å²) in [6.07, 6.45) is 5.86. The number of amides is 2. The highest BCUT2D eigenvalue weighted by Gasteiger charge is 2.33. The zero-order chi connectivity index (χ0) is 19.1. The average Bonchev–Trinajstić information content (AvgIpc) is 3.13. The molecule has 148 valence electrons. The first kappa shape index (κ1) is 19.8. The molecule has 0 saturated carbocycles. The molecule has 3 rings (SSSR count). The van der Waals surface area contributed by atoms with Crippen molar-refractivity contribution in [2.24, 2.45) is 11.8 Å². The van der Waals surface area contributed by atoms with E-state index in [1.165, 1.54) is 5.56 Å². The first-order valence-electron chi connectivity index (χ1n) is 9.80. The minimum atomic E-state index is -0.0386. The van der Waals surface area contributed by atoms with Crippen LogP contribution in [0.2, 0.25) is 0 Å². The number of carbonyl (C=O) groups is 2. The lowest BCUT2D eigenvalue weighted by molar-refractivity contribution is -0.139. The van der Waals surface area contributed by atoms with E-state index in [9.17, 15) is 9.59 Å². The summed E-state index contributed by atoms with van der Waals surface area (Å²) in [6.45, 7) is 5.00. The van der Waals surface area contributed by atoms with Crippen molar-refractivity contribution >= 4 is 11.8 Å². The van der Waals surface area contributed by atoms with Crippen molar-refractivity contribution in [1.29, 1.82) is 0 Å². The van der Waals surface area contributed by atoms with Gasteiger partial charge in [0.05, 0.1) is 19.3 Å². The number of likely N-dealkylation sites (tertiary alicyclic amines) is 1. The molecular weight excluding hydrogens is 346 g/mol. The van der Waals surface area contributed by atoms with Crippen LogP contribution in [0.3, 0.4) is 0 Å².